The Morgan fingerprint density at radius 1 is 1.45 bits per heavy atom. The van der Waals surface area contributed by atoms with Crippen LogP contribution in [-0.2, 0) is 11.2 Å². The van der Waals surface area contributed by atoms with Gasteiger partial charge in [-0.1, -0.05) is 6.92 Å². The van der Waals surface area contributed by atoms with Gasteiger partial charge >= 0.3 is 5.97 Å². The molecule has 108 valence electrons. The number of carbonyl (C=O) groups is 2. The molecule has 0 radical (unpaired) electrons. The normalized spacial score (nSPS) is 25.9. The average molecular weight is 277 g/mol. The van der Waals surface area contributed by atoms with Crippen molar-refractivity contribution in [3.05, 3.63) is 17.5 Å². The van der Waals surface area contributed by atoms with E-state index in [1.54, 1.807) is 11.0 Å². The van der Waals surface area contributed by atoms with Gasteiger partial charge in [-0.3, -0.25) is 14.7 Å². The van der Waals surface area contributed by atoms with Gasteiger partial charge in [0.2, 0.25) is 0 Å². The maximum absolute atomic E-state index is 12.4. The van der Waals surface area contributed by atoms with Crippen molar-refractivity contribution in [2.24, 2.45) is 17.8 Å². The lowest BCUT2D eigenvalue weighted by Crippen LogP contribution is -2.30. The first-order valence-corrected chi connectivity index (χ1v) is 7.16. The Balaban J connectivity index is 1.74. The Morgan fingerprint density at radius 2 is 2.20 bits per heavy atom. The van der Waals surface area contributed by atoms with Gasteiger partial charge in [0, 0.05) is 18.8 Å². The molecule has 1 saturated heterocycles. The number of carbonyl (C=O) groups excluding carboxylic acids is 1. The molecule has 2 aliphatic rings. The van der Waals surface area contributed by atoms with Crippen LogP contribution in [0.2, 0.25) is 0 Å². The zero-order chi connectivity index (χ0) is 14.3. The number of H-pyrrole nitrogens is 1. The summed E-state index contributed by atoms with van der Waals surface area (Å²) >= 11 is 0. The number of rotatable bonds is 4. The molecule has 1 aromatic heterocycles. The van der Waals surface area contributed by atoms with Gasteiger partial charge in [-0.2, -0.15) is 5.10 Å². The standard InChI is InChI=1S/C14H19N3O3/c1-2-9-5-12(16-15-9)13(18)17-6-10(8-3-4-8)11(7-17)14(19)20/h5,8,10-11H,2-4,6-7H2,1H3,(H,15,16)(H,19,20)/t10-,11+/m1/s1. The van der Waals surface area contributed by atoms with Gasteiger partial charge in [0.25, 0.3) is 5.91 Å². The van der Waals surface area contributed by atoms with E-state index >= 15 is 0 Å². The molecule has 2 heterocycles. The highest BCUT2D eigenvalue weighted by molar-refractivity contribution is 5.93. The Kier molecular flexibility index (Phi) is 3.23. The summed E-state index contributed by atoms with van der Waals surface area (Å²) in [5.74, 6) is -0.764. The minimum absolute atomic E-state index is 0.112. The van der Waals surface area contributed by atoms with Gasteiger partial charge < -0.3 is 10.0 Å². The van der Waals surface area contributed by atoms with E-state index in [1.165, 1.54) is 0 Å². The van der Waals surface area contributed by atoms with Gasteiger partial charge in [-0.05, 0) is 37.2 Å². The second kappa shape index (κ2) is 4.92. The van der Waals surface area contributed by atoms with E-state index in [-0.39, 0.29) is 11.8 Å². The number of hydrogen-bond donors (Lipinski definition) is 2. The third-order valence-electron chi connectivity index (χ3n) is 4.43. The smallest absolute Gasteiger partial charge is 0.308 e. The molecule has 2 N–H and O–H groups in total. The minimum atomic E-state index is -0.784. The van der Waals surface area contributed by atoms with Crippen LogP contribution >= 0.6 is 0 Å². The molecule has 2 fully saturated rings. The Labute approximate surface area is 117 Å². The monoisotopic (exact) mass is 277 g/mol. The molecule has 1 aliphatic carbocycles. The lowest BCUT2D eigenvalue weighted by molar-refractivity contribution is -0.142. The van der Waals surface area contributed by atoms with Crippen molar-refractivity contribution < 1.29 is 14.7 Å². The first-order valence-electron chi connectivity index (χ1n) is 7.16. The Bertz CT molecular complexity index is 536. The number of aliphatic carboxylic acids is 1. The van der Waals surface area contributed by atoms with Crippen LogP contribution in [0.4, 0.5) is 0 Å². The highest BCUT2D eigenvalue weighted by Crippen LogP contribution is 2.44. The van der Waals surface area contributed by atoms with Gasteiger partial charge in [0.15, 0.2) is 0 Å². The summed E-state index contributed by atoms with van der Waals surface area (Å²) in [6.07, 6.45) is 2.99. The van der Waals surface area contributed by atoms with E-state index in [9.17, 15) is 14.7 Å². The van der Waals surface area contributed by atoms with Gasteiger partial charge in [0.05, 0.1) is 5.92 Å². The summed E-state index contributed by atoms with van der Waals surface area (Å²) in [5.41, 5.74) is 1.31. The number of aromatic amines is 1. The Hall–Kier alpha value is -1.85. The summed E-state index contributed by atoms with van der Waals surface area (Å²) in [4.78, 5) is 25.4. The zero-order valence-corrected chi connectivity index (χ0v) is 11.5. The minimum Gasteiger partial charge on any atom is -0.481 e. The molecule has 1 saturated carbocycles. The summed E-state index contributed by atoms with van der Waals surface area (Å²) in [5, 5.41) is 16.2. The van der Waals surface area contributed by atoms with Crippen molar-refractivity contribution in [1.82, 2.24) is 15.1 Å². The van der Waals surface area contributed by atoms with E-state index < -0.39 is 11.9 Å². The quantitative estimate of drug-likeness (QED) is 0.864. The summed E-state index contributed by atoms with van der Waals surface area (Å²) in [6.45, 7) is 2.85. The van der Waals surface area contributed by atoms with Crippen molar-refractivity contribution in [3.8, 4) is 0 Å². The molecular formula is C14H19N3O3. The summed E-state index contributed by atoms with van der Waals surface area (Å²) in [7, 11) is 0. The van der Waals surface area contributed by atoms with Gasteiger partial charge in [-0.15, -0.1) is 0 Å². The molecule has 0 aromatic carbocycles. The molecule has 0 unspecified atom stereocenters. The molecule has 2 atom stereocenters. The van der Waals surface area contributed by atoms with Crippen LogP contribution in [0, 0.1) is 17.8 Å². The number of carboxylic acid groups (broad SMARTS) is 1. The molecule has 0 spiro atoms. The van der Waals surface area contributed by atoms with Crippen molar-refractivity contribution >= 4 is 11.9 Å². The van der Waals surface area contributed by atoms with Crippen molar-refractivity contribution in [2.45, 2.75) is 26.2 Å². The SMILES string of the molecule is CCc1cc(C(=O)N2C[C@H](C(=O)O)[C@@H](C3CC3)C2)n[nH]1. The number of hydrogen-bond acceptors (Lipinski definition) is 3. The van der Waals surface area contributed by atoms with Crippen LogP contribution in [0.3, 0.4) is 0 Å². The van der Waals surface area contributed by atoms with Crippen molar-refractivity contribution in [3.63, 3.8) is 0 Å². The number of likely N-dealkylation sites (tertiary alicyclic amines) is 1. The van der Waals surface area contributed by atoms with Crippen LogP contribution in [0.5, 0.6) is 0 Å². The fourth-order valence-corrected chi connectivity index (χ4v) is 3.07. The number of nitrogens with one attached hydrogen (secondary N) is 1. The highest BCUT2D eigenvalue weighted by atomic mass is 16.4. The largest absolute Gasteiger partial charge is 0.481 e. The fraction of sp³-hybridized carbons (Fsp3) is 0.643. The maximum Gasteiger partial charge on any atom is 0.308 e. The van der Waals surface area contributed by atoms with Crippen LogP contribution < -0.4 is 0 Å². The third-order valence-corrected chi connectivity index (χ3v) is 4.43. The van der Waals surface area contributed by atoms with Crippen LogP contribution in [0.25, 0.3) is 0 Å². The maximum atomic E-state index is 12.4. The van der Waals surface area contributed by atoms with Crippen LogP contribution in [0.15, 0.2) is 6.07 Å². The predicted octanol–water partition coefficient (Wildman–Crippen LogP) is 1.15. The molecule has 1 aliphatic heterocycles. The number of aryl methyl sites for hydroxylation is 1. The molecule has 6 nitrogen and oxygen atoms in total. The lowest BCUT2D eigenvalue weighted by Gasteiger charge is -2.14. The first-order chi connectivity index (χ1) is 9.60. The first kappa shape index (κ1) is 13.1. The lowest BCUT2D eigenvalue weighted by atomic mass is 9.92. The van der Waals surface area contributed by atoms with Crippen molar-refractivity contribution in [2.75, 3.05) is 13.1 Å². The average Bonchev–Trinajstić information content (AvgIpc) is 3.02. The zero-order valence-electron chi connectivity index (χ0n) is 11.5. The van der Waals surface area contributed by atoms with Crippen LogP contribution in [0.1, 0.15) is 35.9 Å². The second-order valence-corrected chi connectivity index (χ2v) is 5.79. The molecule has 0 bridgehead atoms. The van der Waals surface area contributed by atoms with Gasteiger partial charge in [-0.25, -0.2) is 0 Å². The van der Waals surface area contributed by atoms with E-state index in [2.05, 4.69) is 10.2 Å². The molecule has 6 heteroatoms. The molecule has 20 heavy (non-hydrogen) atoms. The van der Waals surface area contributed by atoms with Crippen LogP contribution in [-0.4, -0.2) is 45.2 Å². The van der Waals surface area contributed by atoms with E-state index in [0.717, 1.165) is 25.0 Å². The summed E-state index contributed by atoms with van der Waals surface area (Å²) in [6, 6.07) is 1.75. The van der Waals surface area contributed by atoms with Crippen molar-refractivity contribution in [1.29, 1.82) is 0 Å². The van der Waals surface area contributed by atoms with Gasteiger partial charge in [0.1, 0.15) is 5.69 Å². The molecule has 3 rings (SSSR count). The number of nitrogens with zero attached hydrogens (tertiary/aromatic N) is 2. The number of carboxylic acids is 1. The van der Waals surface area contributed by atoms with E-state index in [4.69, 9.17) is 0 Å². The molecular weight excluding hydrogens is 258 g/mol. The second-order valence-electron chi connectivity index (χ2n) is 5.79. The number of aromatic nitrogens is 2. The van der Waals surface area contributed by atoms with E-state index in [1.807, 2.05) is 6.92 Å². The topological polar surface area (TPSA) is 86.3 Å². The fourth-order valence-electron chi connectivity index (χ4n) is 3.07. The van der Waals surface area contributed by atoms with E-state index in [0.29, 0.717) is 24.7 Å². The Morgan fingerprint density at radius 3 is 2.75 bits per heavy atom. The molecule has 1 aromatic rings. The molecule has 1 amide bonds. The number of amides is 1. The highest BCUT2D eigenvalue weighted by Gasteiger charge is 2.47. The third kappa shape index (κ3) is 2.30. The summed E-state index contributed by atoms with van der Waals surface area (Å²) < 4.78 is 0. The predicted molar refractivity (Wildman–Crippen MR) is 71.2 cm³/mol.